The highest BCUT2D eigenvalue weighted by molar-refractivity contribution is 5.83. The quantitative estimate of drug-likeness (QED) is 0.651. The fraction of sp³-hybridized carbons (Fsp3) is 0.231. The van der Waals surface area contributed by atoms with Crippen LogP contribution in [0.1, 0.15) is 18.0 Å². The van der Waals surface area contributed by atoms with Gasteiger partial charge in [-0.25, -0.2) is 0 Å². The van der Waals surface area contributed by atoms with Gasteiger partial charge >= 0.3 is 6.18 Å². The van der Waals surface area contributed by atoms with Crippen LogP contribution in [0.2, 0.25) is 0 Å². The Bertz CT molecular complexity index is 537. The van der Waals surface area contributed by atoms with E-state index in [2.05, 4.69) is 5.43 Å². The number of alkyl halides is 3. The van der Waals surface area contributed by atoms with E-state index in [0.717, 1.165) is 10.8 Å². The topological polar surface area (TPSA) is 38.0 Å². The molecule has 2 aromatic carbocycles. The SMILES string of the molecule is NNC(CC(F)(F)F)c1ccc2ccccc2c1. The second kappa shape index (κ2) is 4.96. The van der Waals surface area contributed by atoms with Gasteiger partial charge in [0.1, 0.15) is 0 Å². The molecule has 18 heavy (non-hydrogen) atoms. The molecule has 0 aliphatic heterocycles. The van der Waals surface area contributed by atoms with Gasteiger partial charge in [0.05, 0.1) is 12.5 Å². The summed E-state index contributed by atoms with van der Waals surface area (Å²) in [7, 11) is 0. The van der Waals surface area contributed by atoms with Gasteiger partial charge in [-0.05, 0) is 22.4 Å². The van der Waals surface area contributed by atoms with Crippen LogP contribution in [0.4, 0.5) is 13.2 Å². The van der Waals surface area contributed by atoms with Gasteiger partial charge in [0.2, 0.25) is 0 Å². The summed E-state index contributed by atoms with van der Waals surface area (Å²) in [5.74, 6) is 5.21. The Morgan fingerprint density at radius 2 is 1.72 bits per heavy atom. The zero-order chi connectivity index (χ0) is 13.2. The number of fused-ring (bicyclic) bond motifs is 1. The lowest BCUT2D eigenvalue weighted by atomic mass is 10.00. The van der Waals surface area contributed by atoms with Crippen LogP contribution in [0.25, 0.3) is 10.8 Å². The maximum Gasteiger partial charge on any atom is 0.390 e. The van der Waals surface area contributed by atoms with Crippen molar-refractivity contribution >= 4 is 10.8 Å². The molecule has 0 aliphatic rings. The van der Waals surface area contributed by atoms with Crippen LogP contribution in [0, 0.1) is 0 Å². The first-order valence-corrected chi connectivity index (χ1v) is 5.51. The molecular formula is C13H13F3N2. The number of hydrazine groups is 1. The Morgan fingerprint density at radius 1 is 1.06 bits per heavy atom. The molecule has 0 radical (unpaired) electrons. The van der Waals surface area contributed by atoms with Crippen LogP contribution in [-0.2, 0) is 0 Å². The van der Waals surface area contributed by atoms with Crippen molar-refractivity contribution in [2.75, 3.05) is 0 Å². The zero-order valence-corrected chi connectivity index (χ0v) is 9.54. The average Bonchev–Trinajstić information content (AvgIpc) is 2.34. The summed E-state index contributed by atoms with van der Waals surface area (Å²) in [4.78, 5) is 0. The van der Waals surface area contributed by atoms with Crippen molar-refractivity contribution < 1.29 is 13.2 Å². The number of nitrogens with one attached hydrogen (secondary N) is 1. The number of halogens is 3. The number of hydrogen-bond acceptors (Lipinski definition) is 2. The number of nitrogens with two attached hydrogens (primary N) is 1. The molecule has 2 nitrogen and oxygen atoms in total. The predicted molar refractivity (Wildman–Crippen MR) is 64.7 cm³/mol. The van der Waals surface area contributed by atoms with E-state index >= 15 is 0 Å². The predicted octanol–water partition coefficient (Wildman–Crippen LogP) is 3.30. The summed E-state index contributed by atoms with van der Waals surface area (Å²) in [6, 6.07) is 11.8. The summed E-state index contributed by atoms with van der Waals surface area (Å²) < 4.78 is 37.2. The molecule has 1 atom stereocenters. The van der Waals surface area contributed by atoms with Crippen LogP contribution in [0.3, 0.4) is 0 Å². The van der Waals surface area contributed by atoms with Crippen molar-refractivity contribution in [1.29, 1.82) is 0 Å². The molecule has 0 fully saturated rings. The smallest absolute Gasteiger partial charge is 0.271 e. The van der Waals surface area contributed by atoms with E-state index in [0.29, 0.717) is 5.56 Å². The van der Waals surface area contributed by atoms with E-state index in [1.165, 1.54) is 0 Å². The monoisotopic (exact) mass is 254 g/mol. The molecule has 0 bridgehead atoms. The highest BCUT2D eigenvalue weighted by atomic mass is 19.4. The minimum atomic E-state index is -4.25. The van der Waals surface area contributed by atoms with Gasteiger partial charge in [-0.2, -0.15) is 13.2 Å². The molecule has 1 unspecified atom stereocenters. The van der Waals surface area contributed by atoms with Crippen molar-refractivity contribution in [3.63, 3.8) is 0 Å². The van der Waals surface area contributed by atoms with Gasteiger partial charge < -0.3 is 0 Å². The van der Waals surface area contributed by atoms with Gasteiger partial charge in [-0.3, -0.25) is 11.3 Å². The van der Waals surface area contributed by atoms with E-state index in [-0.39, 0.29) is 0 Å². The van der Waals surface area contributed by atoms with Gasteiger partial charge in [0, 0.05) is 0 Å². The van der Waals surface area contributed by atoms with E-state index in [4.69, 9.17) is 5.84 Å². The highest BCUT2D eigenvalue weighted by Crippen LogP contribution is 2.30. The standard InChI is InChI=1S/C13H13F3N2/c14-13(15,16)8-12(18-17)11-6-5-9-3-1-2-4-10(9)7-11/h1-7,12,18H,8,17H2. The molecule has 0 amide bonds. The van der Waals surface area contributed by atoms with E-state index in [1.54, 1.807) is 18.2 Å². The van der Waals surface area contributed by atoms with Crippen molar-refractivity contribution in [3.8, 4) is 0 Å². The minimum Gasteiger partial charge on any atom is -0.271 e. The van der Waals surface area contributed by atoms with Crippen LogP contribution >= 0.6 is 0 Å². The Kier molecular flexibility index (Phi) is 3.54. The van der Waals surface area contributed by atoms with Crippen LogP contribution in [0.5, 0.6) is 0 Å². The zero-order valence-electron chi connectivity index (χ0n) is 9.54. The Hall–Kier alpha value is -1.59. The maximum absolute atomic E-state index is 12.4. The van der Waals surface area contributed by atoms with Crippen LogP contribution in [0.15, 0.2) is 42.5 Å². The van der Waals surface area contributed by atoms with Crippen molar-refractivity contribution in [1.82, 2.24) is 5.43 Å². The fourth-order valence-electron chi connectivity index (χ4n) is 1.93. The maximum atomic E-state index is 12.4. The first kappa shape index (κ1) is 12.9. The summed E-state index contributed by atoms with van der Waals surface area (Å²) in [6.45, 7) is 0. The number of hydrogen-bond donors (Lipinski definition) is 2. The molecule has 0 spiro atoms. The third-order valence-electron chi connectivity index (χ3n) is 2.81. The normalized spacial score (nSPS) is 13.8. The first-order chi connectivity index (χ1) is 8.49. The summed E-state index contributed by atoms with van der Waals surface area (Å²) in [5, 5.41) is 1.89. The Balaban J connectivity index is 2.33. The summed E-state index contributed by atoms with van der Waals surface area (Å²) in [6.07, 6.45) is -5.23. The van der Waals surface area contributed by atoms with Crippen molar-refractivity contribution in [3.05, 3.63) is 48.0 Å². The third kappa shape index (κ3) is 3.00. The molecule has 0 aliphatic carbocycles. The Morgan fingerprint density at radius 3 is 2.33 bits per heavy atom. The molecule has 0 aromatic heterocycles. The lowest BCUT2D eigenvalue weighted by Crippen LogP contribution is -2.31. The molecule has 2 rings (SSSR count). The minimum absolute atomic E-state index is 0.536. The van der Waals surface area contributed by atoms with Crippen molar-refractivity contribution in [2.24, 2.45) is 5.84 Å². The van der Waals surface area contributed by atoms with E-state index in [9.17, 15) is 13.2 Å². The van der Waals surface area contributed by atoms with Crippen LogP contribution < -0.4 is 11.3 Å². The molecule has 96 valence electrons. The highest BCUT2D eigenvalue weighted by Gasteiger charge is 2.32. The lowest BCUT2D eigenvalue weighted by molar-refractivity contribution is -0.140. The molecule has 0 saturated carbocycles. The number of rotatable bonds is 3. The lowest BCUT2D eigenvalue weighted by Gasteiger charge is -2.18. The van der Waals surface area contributed by atoms with Crippen LogP contribution in [-0.4, -0.2) is 6.18 Å². The first-order valence-electron chi connectivity index (χ1n) is 5.51. The molecule has 0 heterocycles. The Labute approximate surface area is 103 Å². The third-order valence-corrected chi connectivity index (χ3v) is 2.81. The van der Waals surface area contributed by atoms with Gasteiger partial charge in [0.15, 0.2) is 0 Å². The van der Waals surface area contributed by atoms with Gasteiger partial charge in [-0.1, -0.05) is 36.4 Å². The summed E-state index contributed by atoms with van der Waals surface area (Å²) in [5.41, 5.74) is 2.76. The van der Waals surface area contributed by atoms with E-state index in [1.807, 2.05) is 24.3 Å². The van der Waals surface area contributed by atoms with Gasteiger partial charge in [0.25, 0.3) is 0 Å². The summed E-state index contributed by atoms with van der Waals surface area (Å²) >= 11 is 0. The van der Waals surface area contributed by atoms with E-state index < -0.39 is 18.6 Å². The number of benzene rings is 2. The van der Waals surface area contributed by atoms with Gasteiger partial charge in [-0.15, -0.1) is 0 Å². The molecule has 0 saturated heterocycles. The molecule has 3 N–H and O–H groups in total. The molecule has 2 aromatic rings. The second-order valence-electron chi connectivity index (χ2n) is 4.15. The van der Waals surface area contributed by atoms with Crippen molar-refractivity contribution in [2.45, 2.75) is 18.6 Å². The molecule has 5 heteroatoms. The molecular weight excluding hydrogens is 241 g/mol. The largest absolute Gasteiger partial charge is 0.390 e. The fourth-order valence-corrected chi connectivity index (χ4v) is 1.93. The average molecular weight is 254 g/mol. The second-order valence-corrected chi connectivity index (χ2v) is 4.15.